The van der Waals surface area contributed by atoms with Gasteiger partial charge in [0.1, 0.15) is 12.4 Å². The minimum atomic E-state index is -0.405. The summed E-state index contributed by atoms with van der Waals surface area (Å²) in [6.07, 6.45) is -0.405. The van der Waals surface area contributed by atoms with E-state index in [9.17, 15) is 14.0 Å². The molecule has 0 spiro atoms. The molecule has 1 aromatic carbocycles. The van der Waals surface area contributed by atoms with Gasteiger partial charge in [0, 0.05) is 12.1 Å². The van der Waals surface area contributed by atoms with Crippen LogP contribution < -0.4 is 5.56 Å². The molecule has 0 aliphatic carbocycles. The van der Waals surface area contributed by atoms with Gasteiger partial charge in [0.15, 0.2) is 5.65 Å². The van der Waals surface area contributed by atoms with Crippen LogP contribution in [-0.4, -0.2) is 38.7 Å². The number of benzene rings is 1. The van der Waals surface area contributed by atoms with Crippen LogP contribution in [-0.2, 0) is 11.3 Å². The van der Waals surface area contributed by atoms with Crippen molar-refractivity contribution in [3.8, 4) is 11.3 Å². The molecule has 0 atom stereocenters. The van der Waals surface area contributed by atoms with Crippen molar-refractivity contribution in [3.63, 3.8) is 0 Å². The molecule has 3 aromatic rings. The number of hydrogen-bond acceptors (Lipinski definition) is 4. The summed E-state index contributed by atoms with van der Waals surface area (Å²) in [6.45, 7) is 1.05. The first-order valence-corrected chi connectivity index (χ1v) is 7.39. The van der Waals surface area contributed by atoms with Crippen LogP contribution in [0.5, 0.6) is 0 Å². The summed E-state index contributed by atoms with van der Waals surface area (Å²) in [5, 5.41) is 2.94. The van der Waals surface area contributed by atoms with E-state index in [1.807, 2.05) is 0 Å². The highest BCUT2D eigenvalue weighted by Crippen LogP contribution is 2.19. The molecule has 1 amide bonds. The SMILES string of the molecule is O=C1OCCN1Cc1cc(=O)n2[nH]c(-c3ccc(F)cc3)cc2n1. The Hall–Kier alpha value is -3.16. The Balaban J connectivity index is 1.71. The van der Waals surface area contributed by atoms with E-state index in [4.69, 9.17) is 4.74 Å². The highest BCUT2D eigenvalue weighted by Gasteiger charge is 2.22. The fraction of sp³-hybridized carbons (Fsp3) is 0.188. The maximum Gasteiger partial charge on any atom is 0.410 e. The molecule has 1 saturated heterocycles. The van der Waals surface area contributed by atoms with Gasteiger partial charge in [-0.1, -0.05) is 0 Å². The molecule has 8 heteroatoms. The zero-order valence-corrected chi connectivity index (χ0v) is 12.5. The smallest absolute Gasteiger partial charge is 0.410 e. The van der Waals surface area contributed by atoms with Crippen LogP contribution in [0.25, 0.3) is 16.9 Å². The van der Waals surface area contributed by atoms with E-state index in [1.165, 1.54) is 27.6 Å². The van der Waals surface area contributed by atoms with Crippen molar-refractivity contribution in [3.05, 3.63) is 58.3 Å². The van der Waals surface area contributed by atoms with Gasteiger partial charge >= 0.3 is 6.09 Å². The Morgan fingerprint density at radius 1 is 1.21 bits per heavy atom. The van der Waals surface area contributed by atoms with Crippen molar-refractivity contribution in [2.75, 3.05) is 13.2 Å². The van der Waals surface area contributed by atoms with E-state index < -0.39 is 6.09 Å². The largest absolute Gasteiger partial charge is 0.448 e. The molecular weight excluding hydrogens is 315 g/mol. The lowest BCUT2D eigenvalue weighted by atomic mass is 10.1. The summed E-state index contributed by atoms with van der Waals surface area (Å²) < 4.78 is 19.2. The number of aromatic amines is 1. The van der Waals surface area contributed by atoms with Gasteiger partial charge in [0.05, 0.1) is 24.5 Å². The van der Waals surface area contributed by atoms with E-state index in [0.29, 0.717) is 30.2 Å². The lowest BCUT2D eigenvalue weighted by molar-refractivity contribution is 0.157. The molecular formula is C16H13FN4O3. The number of aromatic nitrogens is 3. The van der Waals surface area contributed by atoms with Gasteiger partial charge in [0.2, 0.25) is 0 Å². The van der Waals surface area contributed by atoms with Gasteiger partial charge in [-0.05, 0) is 29.8 Å². The lowest BCUT2D eigenvalue weighted by Crippen LogP contribution is -2.26. The van der Waals surface area contributed by atoms with Gasteiger partial charge in [0.25, 0.3) is 5.56 Å². The number of carbonyl (C=O) groups is 1. The second-order valence-corrected chi connectivity index (χ2v) is 5.49. The molecule has 0 unspecified atom stereocenters. The van der Waals surface area contributed by atoms with E-state index in [2.05, 4.69) is 10.1 Å². The first kappa shape index (κ1) is 14.4. The van der Waals surface area contributed by atoms with Gasteiger partial charge in [-0.25, -0.2) is 18.7 Å². The predicted octanol–water partition coefficient (Wildman–Crippen LogP) is 1.78. The summed E-state index contributed by atoms with van der Waals surface area (Å²) >= 11 is 0. The Morgan fingerprint density at radius 3 is 2.71 bits per heavy atom. The minimum absolute atomic E-state index is 0.224. The maximum atomic E-state index is 13.0. The summed E-state index contributed by atoms with van der Waals surface area (Å²) in [6, 6.07) is 9.02. The summed E-state index contributed by atoms with van der Waals surface area (Å²) in [4.78, 5) is 29.6. The number of halogens is 1. The molecule has 24 heavy (non-hydrogen) atoms. The Kier molecular flexibility index (Phi) is 3.30. The molecule has 1 fully saturated rings. The van der Waals surface area contributed by atoms with E-state index >= 15 is 0 Å². The summed E-state index contributed by atoms with van der Waals surface area (Å²) in [5.41, 5.74) is 2.03. The molecule has 1 N–H and O–H groups in total. The van der Waals surface area contributed by atoms with Gasteiger partial charge in [-0.2, -0.15) is 0 Å². The number of H-pyrrole nitrogens is 1. The first-order valence-electron chi connectivity index (χ1n) is 7.39. The fourth-order valence-corrected chi connectivity index (χ4v) is 2.66. The molecule has 4 rings (SSSR count). The number of cyclic esters (lactones) is 1. The van der Waals surface area contributed by atoms with Crippen molar-refractivity contribution < 1.29 is 13.9 Å². The maximum absolute atomic E-state index is 13.0. The van der Waals surface area contributed by atoms with E-state index in [0.717, 1.165) is 5.56 Å². The molecule has 0 saturated carbocycles. The lowest BCUT2D eigenvalue weighted by Gasteiger charge is -2.11. The number of hydrogen-bond donors (Lipinski definition) is 1. The Morgan fingerprint density at radius 2 is 2.00 bits per heavy atom. The zero-order chi connectivity index (χ0) is 16.7. The number of nitrogens with one attached hydrogen (secondary N) is 1. The normalized spacial score (nSPS) is 14.4. The van der Waals surface area contributed by atoms with Crippen LogP contribution in [0.4, 0.5) is 9.18 Å². The first-order chi connectivity index (χ1) is 11.6. The van der Waals surface area contributed by atoms with Crippen molar-refractivity contribution in [2.45, 2.75) is 6.54 Å². The topological polar surface area (TPSA) is 79.7 Å². The van der Waals surface area contributed by atoms with E-state index in [-0.39, 0.29) is 17.9 Å². The van der Waals surface area contributed by atoms with Gasteiger partial charge < -0.3 is 4.74 Å². The standard InChI is InChI=1S/C16H13FN4O3/c17-11-3-1-10(2-4-11)13-8-14-18-12(7-15(22)21(14)19-13)9-20-5-6-24-16(20)23/h1-4,7-8,19H,5-6,9H2. The zero-order valence-electron chi connectivity index (χ0n) is 12.5. The number of nitrogens with zero attached hydrogens (tertiary/aromatic N) is 3. The van der Waals surface area contributed by atoms with Crippen LogP contribution in [0.2, 0.25) is 0 Å². The van der Waals surface area contributed by atoms with Crippen LogP contribution in [0.3, 0.4) is 0 Å². The van der Waals surface area contributed by atoms with Crippen molar-refractivity contribution in [2.24, 2.45) is 0 Å². The van der Waals surface area contributed by atoms with Crippen molar-refractivity contribution in [1.82, 2.24) is 19.5 Å². The van der Waals surface area contributed by atoms with Gasteiger partial charge in [-0.15, -0.1) is 0 Å². The van der Waals surface area contributed by atoms with Crippen LogP contribution in [0, 0.1) is 5.82 Å². The predicted molar refractivity (Wildman–Crippen MR) is 83.0 cm³/mol. The average Bonchev–Trinajstić information content (AvgIpc) is 3.15. The highest BCUT2D eigenvalue weighted by atomic mass is 19.1. The Bertz CT molecular complexity index is 977. The highest BCUT2D eigenvalue weighted by molar-refractivity contribution is 5.69. The Labute approximate surface area is 135 Å². The van der Waals surface area contributed by atoms with Crippen molar-refractivity contribution >= 4 is 11.7 Å². The summed E-state index contributed by atoms with van der Waals surface area (Å²) in [7, 11) is 0. The van der Waals surface area contributed by atoms with Crippen LogP contribution in [0.15, 0.2) is 41.2 Å². The number of rotatable bonds is 3. The number of fused-ring (bicyclic) bond motifs is 1. The monoisotopic (exact) mass is 328 g/mol. The fourth-order valence-electron chi connectivity index (χ4n) is 2.66. The second kappa shape index (κ2) is 5.48. The van der Waals surface area contributed by atoms with Crippen molar-refractivity contribution in [1.29, 1.82) is 0 Å². The van der Waals surface area contributed by atoms with Crippen LogP contribution >= 0.6 is 0 Å². The van der Waals surface area contributed by atoms with E-state index in [1.54, 1.807) is 18.2 Å². The number of ether oxygens (including phenoxy) is 1. The molecule has 3 heterocycles. The third-order valence-corrected chi connectivity index (χ3v) is 3.86. The second-order valence-electron chi connectivity index (χ2n) is 5.49. The molecule has 1 aliphatic heterocycles. The average molecular weight is 328 g/mol. The molecule has 0 bridgehead atoms. The molecule has 1 aliphatic rings. The summed E-state index contributed by atoms with van der Waals surface area (Å²) in [5.74, 6) is -0.329. The molecule has 0 radical (unpaired) electrons. The third-order valence-electron chi connectivity index (χ3n) is 3.86. The molecule has 122 valence electrons. The third kappa shape index (κ3) is 2.51. The number of carbonyl (C=O) groups excluding carboxylic acids is 1. The number of amides is 1. The minimum Gasteiger partial charge on any atom is -0.448 e. The quantitative estimate of drug-likeness (QED) is 0.795. The molecule has 2 aromatic heterocycles. The van der Waals surface area contributed by atoms with Crippen LogP contribution in [0.1, 0.15) is 5.69 Å². The van der Waals surface area contributed by atoms with Gasteiger partial charge in [-0.3, -0.25) is 14.8 Å². The molecule has 7 nitrogen and oxygen atoms in total.